The third-order valence-corrected chi connectivity index (χ3v) is 3.84. The Labute approximate surface area is 154 Å². The van der Waals surface area contributed by atoms with E-state index in [9.17, 15) is 15.2 Å². The molecule has 1 amide bonds. The fraction of sp³-hybridized carbons (Fsp3) is 0.158. The van der Waals surface area contributed by atoms with Crippen molar-refractivity contribution >= 4 is 33.6 Å². The van der Waals surface area contributed by atoms with E-state index in [0.29, 0.717) is 23.6 Å². The van der Waals surface area contributed by atoms with Gasteiger partial charge in [0.2, 0.25) is 0 Å². The van der Waals surface area contributed by atoms with Crippen molar-refractivity contribution in [1.29, 1.82) is 5.26 Å². The van der Waals surface area contributed by atoms with Crippen LogP contribution in [0.3, 0.4) is 0 Å². The van der Waals surface area contributed by atoms with Gasteiger partial charge in [-0.3, -0.25) is 4.79 Å². The number of nitriles is 1. The number of phenolic OH excluding ortho intramolecular Hbond substituents is 1. The van der Waals surface area contributed by atoms with Crippen LogP contribution in [-0.2, 0) is 4.79 Å². The number of nitrogens with one attached hydrogen (secondary N) is 1. The van der Waals surface area contributed by atoms with Gasteiger partial charge in [-0.1, -0.05) is 13.0 Å². The topological polar surface area (TPSA) is 82.3 Å². The molecule has 2 rings (SSSR count). The number of aromatic hydroxyl groups is 1. The molecule has 0 unspecified atom stereocenters. The summed E-state index contributed by atoms with van der Waals surface area (Å²) in [4.78, 5) is 12.2. The number of hydrogen-bond donors (Lipinski definition) is 2. The van der Waals surface area contributed by atoms with Gasteiger partial charge in [-0.15, -0.1) is 0 Å². The predicted molar refractivity (Wildman–Crippen MR) is 100 cm³/mol. The zero-order chi connectivity index (χ0) is 18.2. The zero-order valence-corrected chi connectivity index (χ0v) is 15.2. The molecule has 128 valence electrons. The maximum atomic E-state index is 12.2. The second-order valence-electron chi connectivity index (χ2n) is 5.21. The Kier molecular flexibility index (Phi) is 6.61. The van der Waals surface area contributed by atoms with Crippen molar-refractivity contribution in [3.8, 4) is 17.6 Å². The second-order valence-corrected chi connectivity index (χ2v) is 6.06. The van der Waals surface area contributed by atoms with Crippen LogP contribution < -0.4 is 10.1 Å². The highest BCUT2D eigenvalue weighted by molar-refractivity contribution is 9.10. The summed E-state index contributed by atoms with van der Waals surface area (Å²) >= 11 is 3.43. The van der Waals surface area contributed by atoms with Gasteiger partial charge in [0.05, 0.1) is 11.1 Å². The molecular formula is C19H17BrN2O3. The highest BCUT2D eigenvalue weighted by Crippen LogP contribution is 2.27. The lowest BCUT2D eigenvalue weighted by Gasteiger charge is -2.08. The van der Waals surface area contributed by atoms with Gasteiger partial charge in [-0.05, 0) is 70.4 Å². The number of hydrogen-bond acceptors (Lipinski definition) is 4. The average Bonchev–Trinajstić information content (AvgIpc) is 2.60. The molecule has 0 spiro atoms. The van der Waals surface area contributed by atoms with Crippen molar-refractivity contribution in [2.24, 2.45) is 0 Å². The number of rotatable bonds is 6. The molecule has 6 heteroatoms. The Morgan fingerprint density at radius 1 is 1.32 bits per heavy atom. The highest BCUT2D eigenvalue weighted by Gasteiger charge is 2.10. The number of carbonyl (C=O) groups is 1. The molecule has 0 aliphatic rings. The number of nitrogens with zero attached hydrogens (tertiary/aromatic N) is 1. The molecule has 0 aliphatic heterocycles. The number of ether oxygens (including phenoxy) is 1. The standard InChI is InChI=1S/C19H17BrN2O3/c1-2-9-25-18-8-3-13(11-17(18)20)10-14(12-21)19(24)22-15-4-6-16(23)7-5-15/h3-8,10-11,23H,2,9H2,1H3,(H,22,24)/b14-10+. The smallest absolute Gasteiger partial charge is 0.266 e. The largest absolute Gasteiger partial charge is 0.508 e. The molecule has 0 fully saturated rings. The highest BCUT2D eigenvalue weighted by atomic mass is 79.9. The molecule has 5 nitrogen and oxygen atoms in total. The molecule has 0 aliphatic carbocycles. The maximum Gasteiger partial charge on any atom is 0.266 e. The van der Waals surface area contributed by atoms with Crippen molar-refractivity contribution in [3.63, 3.8) is 0 Å². The number of phenols is 1. The lowest BCUT2D eigenvalue weighted by atomic mass is 10.1. The Morgan fingerprint density at radius 3 is 2.64 bits per heavy atom. The first-order chi connectivity index (χ1) is 12.0. The van der Waals surface area contributed by atoms with Gasteiger partial charge < -0.3 is 15.2 Å². The van der Waals surface area contributed by atoms with Crippen LogP contribution in [0.2, 0.25) is 0 Å². The summed E-state index contributed by atoms with van der Waals surface area (Å²) in [6.45, 7) is 2.64. The van der Waals surface area contributed by atoms with E-state index in [4.69, 9.17) is 4.74 Å². The van der Waals surface area contributed by atoms with E-state index in [1.54, 1.807) is 30.3 Å². The molecule has 0 aromatic heterocycles. The summed E-state index contributed by atoms with van der Waals surface area (Å²) in [5, 5.41) is 21.1. The summed E-state index contributed by atoms with van der Waals surface area (Å²) in [7, 11) is 0. The Hall–Kier alpha value is -2.78. The van der Waals surface area contributed by atoms with E-state index in [-0.39, 0.29) is 11.3 Å². The lowest BCUT2D eigenvalue weighted by molar-refractivity contribution is -0.112. The molecule has 0 saturated heterocycles. The molecule has 0 heterocycles. The van der Waals surface area contributed by atoms with E-state index >= 15 is 0 Å². The van der Waals surface area contributed by atoms with Crippen LogP contribution >= 0.6 is 15.9 Å². The van der Waals surface area contributed by atoms with Gasteiger partial charge in [0, 0.05) is 5.69 Å². The van der Waals surface area contributed by atoms with Crippen molar-refractivity contribution in [2.45, 2.75) is 13.3 Å². The van der Waals surface area contributed by atoms with E-state index in [1.165, 1.54) is 18.2 Å². The molecule has 0 saturated carbocycles. The summed E-state index contributed by atoms with van der Waals surface area (Å²) in [6, 6.07) is 13.3. The zero-order valence-electron chi connectivity index (χ0n) is 13.6. The summed E-state index contributed by atoms with van der Waals surface area (Å²) in [6.07, 6.45) is 2.41. The van der Waals surface area contributed by atoms with Crippen LogP contribution in [0, 0.1) is 11.3 Å². The van der Waals surface area contributed by atoms with Crippen LogP contribution in [0.1, 0.15) is 18.9 Å². The molecule has 2 N–H and O–H groups in total. The van der Waals surface area contributed by atoms with Gasteiger partial charge in [0.25, 0.3) is 5.91 Å². The average molecular weight is 401 g/mol. The fourth-order valence-corrected chi connectivity index (χ4v) is 2.51. The van der Waals surface area contributed by atoms with E-state index in [2.05, 4.69) is 21.2 Å². The van der Waals surface area contributed by atoms with Gasteiger partial charge in [0.1, 0.15) is 23.1 Å². The first kappa shape index (κ1) is 18.6. The minimum atomic E-state index is -0.518. The first-order valence-electron chi connectivity index (χ1n) is 7.68. The number of halogens is 1. The van der Waals surface area contributed by atoms with Gasteiger partial charge in [-0.2, -0.15) is 5.26 Å². The van der Waals surface area contributed by atoms with Gasteiger partial charge in [-0.25, -0.2) is 0 Å². The van der Waals surface area contributed by atoms with Crippen LogP contribution in [0.4, 0.5) is 5.69 Å². The summed E-state index contributed by atoms with van der Waals surface area (Å²) in [5.74, 6) is 0.297. The monoisotopic (exact) mass is 400 g/mol. The van der Waals surface area contributed by atoms with E-state index in [0.717, 1.165) is 10.9 Å². The van der Waals surface area contributed by atoms with E-state index < -0.39 is 5.91 Å². The molecule has 0 radical (unpaired) electrons. The summed E-state index contributed by atoms with van der Waals surface area (Å²) in [5.41, 5.74) is 1.17. The first-order valence-corrected chi connectivity index (χ1v) is 8.47. The molecule has 2 aromatic rings. The third kappa shape index (κ3) is 5.37. The predicted octanol–water partition coefficient (Wildman–Crippen LogP) is 4.49. The maximum absolute atomic E-state index is 12.2. The lowest BCUT2D eigenvalue weighted by Crippen LogP contribution is -2.13. The van der Waals surface area contributed by atoms with Crippen LogP contribution in [0.15, 0.2) is 52.5 Å². The Morgan fingerprint density at radius 2 is 2.04 bits per heavy atom. The van der Waals surface area contributed by atoms with Crippen molar-refractivity contribution in [1.82, 2.24) is 0 Å². The van der Waals surface area contributed by atoms with Crippen LogP contribution in [-0.4, -0.2) is 17.6 Å². The van der Waals surface area contributed by atoms with Crippen molar-refractivity contribution in [2.75, 3.05) is 11.9 Å². The van der Waals surface area contributed by atoms with E-state index in [1.807, 2.05) is 13.0 Å². The van der Waals surface area contributed by atoms with Crippen LogP contribution in [0.25, 0.3) is 6.08 Å². The number of amides is 1. The molecule has 2 aromatic carbocycles. The molecule has 25 heavy (non-hydrogen) atoms. The minimum Gasteiger partial charge on any atom is -0.508 e. The number of benzene rings is 2. The second kappa shape index (κ2) is 8.90. The Bertz CT molecular complexity index is 824. The molecular weight excluding hydrogens is 384 g/mol. The minimum absolute atomic E-state index is 0.0257. The third-order valence-electron chi connectivity index (χ3n) is 3.22. The fourth-order valence-electron chi connectivity index (χ4n) is 1.99. The summed E-state index contributed by atoms with van der Waals surface area (Å²) < 4.78 is 6.33. The number of carbonyl (C=O) groups excluding carboxylic acids is 1. The van der Waals surface area contributed by atoms with Gasteiger partial charge in [0.15, 0.2) is 0 Å². The Balaban J connectivity index is 2.16. The van der Waals surface area contributed by atoms with Crippen molar-refractivity contribution in [3.05, 3.63) is 58.1 Å². The van der Waals surface area contributed by atoms with Gasteiger partial charge >= 0.3 is 0 Å². The number of anilines is 1. The molecule has 0 atom stereocenters. The molecule has 0 bridgehead atoms. The SMILES string of the molecule is CCCOc1ccc(/C=C(\C#N)C(=O)Nc2ccc(O)cc2)cc1Br. The normalized spacial score (nSPS) is 10.8. The van der Waals surface area contributed by atoms with Crippen molar-refractivity contribution < 1.29 is 14.6 Å². The quantitative estimate of drug-likeness (QED) is 0.425. The van der Waals surface area contributed by atoms with Crippen LogP contribution in [0.5, 0.6) is 11.5 Å².